The number of hydrogen-bond donors (Lipinski definition) is 1. The minimum atomic E-state index is -0.154. The van der Waals surface area contributed by atoms with Crippen LogP contribution in [0.25, 0.3) is 0 Å². The standard InChI is InChI=1S/C16H14BrNO3/c1-20-12-3-4-13(17)14(9-12)18-16(19)11-2-5-15-10(8-11)6-7-21-15/h2-5,8-9H,6-7H2,1H3,(H,18,19). The lowest BCUT2D eigenvalue weighted by molar-refractivity contribution is 0.102. The maximum absolute atomic E-state index is 12.4. The zero-order valence-corrected chi connectivity index (χ0v) is 13.1. The van der Waals surface area contributed by atoms with Gasteiger partial charge in [0, 0.05) is 22.5 Å². The van der Waals surface area contributed by atoms with Crippen LogP contribution in [0.15, 0.2) is 40.9 Å². The van der Waals surface area contributed by atoms with E-state index in [4.69, 9.17) is 9.47 Å². The van der Waals surface area contributed by atoms with Crippen molar-refractivity contribution in [2.45, 2.75) is 6.42 Å². The van der Waals surface area contributed by atoms with Gasteiger partial charge in [-0.25, -0.2) is 0 Å². The van der Waals surface area contributed by atoms with Crippen molar-refractivity contribution in [2.75, 3.05) is 19.0 Å². The lowest BCUT2D eigenvalue weighted by Gasteiger charge is -2.10. The normalized spacial score (nSPS) is 12.5. The second-order valence-corrected chi connectivity index (χ2v) is 5.58. The fraction of sp³-hybridized carbons (Fsp3) is 0.188. The zero-order valence-electron chi connectivity index (χ0n) is 11.5. The maximum Gasteiger partial charge on any atom is 0.255 e. The zero-order chi connectivity index (χ0) is 14.8. The Hall–Kier alpha value is -2.01. The van der Waals surface area contributed by atoms with E-state index in [-0.39, 0.29) is 5.91 Å². The molecule has 0 saturated carbocycles. The molecule has 21 heavy (non-hydrogen) atoms. The number of amides is 1. The van der Waals surface area contributed by atoms with E-state index in [1.807, 2.05) is 24.3 Å². The minimum Gasteiger partial charge on any atom is -0.497 e. The van der Waals surface area contributed by atoms with Gasteiger partial charge >= 0.3 is 0 Å². The van der Waals surface area contributed by atoms with Crippen molar-refractivity contribution in [2.24, 2.45) is 0 Å². The van der Waals surface area contributed by atoms with Crippen molar-refractivity contribution in [3.05, 3.63) is 52.0 Å². The highest BCUT2D eigenvalue weighted by Crippen LogP contribution is 2.29. The van der Waals surface area contributed by atoms with Crippen LogP contribution in [0.1, 0.15) is 15.9 Å². The number of halogens is 1. The SMILES string of the molecule is COc1ccc(Br)c(NC(=O)c2ccc3c(c2)CCO3)c1. The van der Waals surface area contributed by atoms with Crippen molar-refractivity contribution in [1.82, 2.24) is 0 Å². The largest absolute Gasteiger partial charge is 0.497 e. The molecule has 0 spiro atoms. The van der Waals surface area contributed by atoms with Crippen LogP contribution in [0.3, 0.4) is 0 Å². The number of benzene rings is 2. The van der Waals surface area contributed by atoms with Gasteiger partial charge in [-0.1, -0.05) is 0 Å². The maximum atomic E-state index is 12.4. The molecular weight excluding hydrogens is 334 g/mol. The Morgan fingerprint density at radius 1 is 1.29 bits per heavy atom. The number of anilines is 1. The van der Waals surface area contributed by atoms with E-state index in [2.05, 4.69) is 21.2 Å². The molecule has 0 aromatic heterocycles. The molecule has 3 rings (SSSR count). The molecule has 1 amide bonds. The third-order valence-electron chi connectivity index (χ3n) is 3.37. The summed E-state index contributed by atoms with van der Waals surface area (Å²) >= 11 is 3.42. The van der Waals surface area contributed by atoms with Crippen LogP contribution >= 0.6 is 15.9 Å². The van der Waals surface area contributed by atoms with Crippen LogP contribution in [0.5, 0.6) is 11.5 Å². The molecule has 0 bridgehead atoms. The predicted molar refractivity (Wildman–Crippen MR) is 84.3 cm³/mol. The van der Waals surface area contributed by atoms with Gasteiger partial charge in [-0.2, -0.15) is 0 Å². The first-order valence-electron chi connectivity index (χ1n) is 6.58. The quantitative estimate of drug-likeness (QED) is 0.921. The molecule has 0 saturated heterocycles. The molecule has 0 radical (unpaired) electrons. The van der Waals surface area contributed by atoms with Gasteiger partial charge in [-0.15, -0.1) is 0 Å². The van der Waals surface area contributed by atoms with Crippen molar-refractivity contribution < 1.29 is 14.3 Å². The number of carbonyl (C=O) groups excluding carboxylic acids is 1. The van der Waals surface area contributed by atoms with E-state index in [0.29, 0.717) is 23.6 Å². The van der Waals surface area contributed by atoms with E-state index >= 15 is 0 Å². The number of hydrogen-bond acceptors (Lipinski definition) is 3. The monoisotopic (exact) mass is 347 g/mol. The van der Waals surface area contributed by atoms with E-state index < -0.39 is 0 Å². The van der Waals surface area contributed by atoms with Crippen LogP contribution in [0.4, 0.5) is 5.69 Å². The molecule has 1 aliphatic rings. The molecule has 1 heterocycles. The molecule has 2 aromatic rings. The van der Waals surface area contributed by atoms with Crippen LogP contribution in [0.2, 0.25) is 0 Å². The van der Waals surface area contributed by atoms with Crippen LogP contribution in [-0.2, 0) is 6.42 Å². The summed E-state index contributed by atoms with van der Waals surface area (Å²) in [5.41, 5.74) is 2.37. The first-order chi connectivity index (χ1) is 10.2. The highest BCUT2D eigenvalue weighted by molar-refractivity contribution is 9.10. The second kappa shape index (κ2) is 5.77. The summed E-state index contributed by atoms with van der Waals surface area (Å²) in [7, 11) is 1.59. The van der Waals surface area contributed by atoms with Crippen molar-refractivity contribution >= 4 is 27.5 Å². The van der Waals surface area contributed by atoms with Crippen molar-refractivity contribution in [1.29, 1.82) is 0 Å². The Bertz CT molecular complexity index is 700. The molecule has 5 heteroatoms. The van der Waals surface area contributed by atoms with Crippen LogP contribution in [-0.4, -0.2) is 19.6 Å². The number of carbonyl (C=O) groups is 1. The van der Waals surface area contributed by atoms with Gasteiger partial charge < -0.3 is 14.8 Å². The predicted octanol–water partition coefficient (Wildman–Crippen LogP) is 3.64. The average Bonchev–Trinajstić information content (AvgIpc) is 2.96. The molecule has 4 nitrogen and oxygen atoms in total. The average molecular weight is 348 g/mol. The molecule has 108 valence electrons. The van der Waals surface area contributed by atoms with Gasteiger partial charge in [0.15, 0.2) is 0 Å². The third-order valence-corrected chi connectivity index (χ3v) is 4.06. The first kappa shape index (κ1) is 13.9. The number of methoxy groups -OCH3 is 1. The van der Waals surface area contributed by atoms with Crippen molar-refractivity contribution in [3.8, 4) is 11.5 Å². The third kappa shape index (κ3) is 2.88. The molecule has 0 atom stereocenters. The highest BCUT2D eigenvalue weighted by Gasteiger charge is 2.15. The van der Waals surface area contributed by atoms with Gasteiger partial charge in [0.2, 0.25) is 0 Å². The summed E-state index contributed by atoms with van der Waals surface area (Å²) in [5, 5.41) is 2.89. The van der Waals surface area contributed by atoms with Gasteiger partial charge in [0.25, 0.3) is 5.91 Å². The summed E-state index contributed by atoms with van der Waals surface area (Å²) in [6.45, 7) is 0.682. The molecule has 1 N–H and O–H groups in total. The smallest absolute Gasteiger partial charge is 0.255 e. The topological polar surface area (TPSA) is 47.6 Å². The molecule has 0 aliphatic carbocycles. The Labute approximate surface area is 131 Å². The van der Waals surface area contributed by atoms with Gasteiger partial charge in [-0.3, -0.25) is 4.79 Å². The fourth-order valence-corrected chi connectivity index (χ4v) is 2.60. The van der Waals surface area contributed by atoms with E-state index in [1.54, 1.807) is 19.2 Å². The Morgan fingerprint density at radius 3 is 2.95 bits per heavy atom. The van der Waals surface area contributed by atoms with Gasteiger partial charge in [0.05, 0.1) is 19.4 Å². The number of nitrogens with one attached hydrogen (secondary N) is 1. The van der Waals surface area contributed by atoms with Crippen LogP contribution < -0.4 is 14.8 Å². The molecular formula is C16H14BrNO3. The summed E-state index contributed by atoms with van der Waals surface area (Å²) in [4.78, 5) is 12.4. The molecule has 0 fully saturated rings. The second-order valence-electron chi connectivity index (χ2n) is 4.72. The summed E-state index contributed by atoms with van der Waals surface area (Å²) < 4.78 is 11.4. The summed E-state index contributed by atoms with van der Waals surface area (Å²) in [6.07, 6.45) is 0.847. The fourth-order valence-electron chi connectivity index (χ4n) is 2.25. The van der Waals surface area contributed by atoms with E-state index in [1.165, 1.54) is 0 Å². The number of rotatable bonds is 3. The Morgan fingerprint density at radius 2 is 2.14 bits per heavy atom. The lowest BCUT2D eigenvalue weighted by Crippen LogP contribution is -2.12. The molecule has 0 unspecified atom stereocenters. The summed E-state index contributed by atoms with van der Waals surface area (Å²) in [5.74, 6) is 1.41. The van der Waals surface area contributed by atoms with Crippen molar-refractivity contribution in [3.63, 3.8) is 0 Å². The Balaban J connectivity index is 1.83. The van der Waals surface area contributed by atoms with Gasteiger partial charge in [0.1, 0.15) is 11.5 Å². The van der Waals surface area contributed by atoms with E-state index in [0.717, 1.165) is 22.2 Å². The Kier molecular flexibility index (Phi) is 3.84. The highest BCUT2D eigenvalue weighted by atomic mass is 79.9. The van der Waals surface area contributed by atoms with E-state index in [9.17, 15) is 4.79 Å². The van der Waals surface area contributed by atoms with Crippen LogP contribution in [0, 0.1) is 0 Å². The lowest BCUT2D eigenvalue weighted by atomic mass is 10.1. The molecule has 1 aliphatic heterocycles. The first-order valence-corrected chi connectivity index (χ1v) is 7.37. The molecule has 2 aromatic carbocycles. The van der Waals surface area contributed by atoms with Gasteiger partial charge in [-0.05, 0) is 51.8 Å². The summed E-state index contributed by atoms with van der Waals surface area (Å²) in [6, 6.07) is 10.9. The minimum absolute atomic E-state index is 0.154. The number of ether oxygens (including phenoxy) is 2. The number of fused-ring (bicyclic) bond motifs is 1.